The van der Waals surface area contributed by atoms with Crippen molar-refractivity contribution < 1.29 is 19.4 Å². The molecule has 2 aliphatic rings. The van der Waals surface area contributed by atoms with Crippen molar-refractivity contribution in [2.24, 2.45) is 11.8 Å². The van der Waals surface area contributed by atoms with Gasteiger partial charge in [-0.3, -0.25) is 4.90 Å². The van der Waals surface area contributed by atoms with E-state index in [-0.39, 0.29) is 11.1 Å². The molecule has 1 fully saturated rings. The second-order valence-corrected chi connectivity index (χ2v) is 7.57. The lowest BCUT2D eigenvalue weighted by Gasteiger charge is -2.27. The zero-order valence-corrected chi connectivity index (χ0v) is 15.4. The van der Waals surface area contributed by atoms with Crippen LogP contribution in [0.3, 0.4) is 0 Å². The van der Waals surface area contributed by atoms with E-state index < -0.39 is 11.9 Å². The molecular formula is C22H23NO4. The van der Waals surface area contributed by atoms with Crippen LogP contribution in [-0.2, 0) is 24.1 Å². The van der Waals surface area contributed by atoms with Crippen LogP contribution in [0.4, 0.5) is 0 Å². The highest BCUT2D eigenvalue weighted by Gasteiger charge is 2.37. The summed E-state index contributed by atoms with van der Waals surface area (Å²) >= 11 is 0. The third kappa shape index (κ3) is 3.47. The molecule has 1 aliphatic heterocycles. The van der Waals surface area contributed by atoms with Gasteiger partial charge < -0.3 is 9.84 Å². The third-order valence-electron chi connectivity index (χ3n) is 5.84. The summed E-state index contributed by atoms with van der Waals surface area (Å²) in [6.07, 6.45) is 1.75. The molecule has 1 heterocycles. The van der Waals surface area contributed by atoms with E-state index in [1.165, 1.54) is 12.7 Å². The van der Waals surface area contributed by atoms with E-state index in [0.29, 0.717) is 11.8 Å². The Morgan fingerprint density at radius 1 is 1.04 bits per heavy atom. The number of methoxy groups -OCH3 is 1. The van der Waals surface area contributed by atoms with E-state index in [9.17, 15) is 14.7 Å². The van der Waals surface area contributed by atoms with E-state index in [2.05, 4.69) is 29.2 Å². The minimum Gasteiger partial charge on any atom is -0.478 e. The van der Waals surface area contributed by atoms with E-state index in [4.69, 9.17) is 4.74 Å². The molecule has 1 aliphatic carbocycles. The maximum Gasteiger partial charge on any atom is 0.338 e. The first-order valence-corrected chi connectivity index (χ1v) is 9.29. The Hall–Kier alpha value is -2.66. The largest absolute Gasteiger partial charge is 0.478 e. The molecule has 2 aromatic rings. The SMILES string of the molecule is COC(=O)c1cc2c(cc1C(=O)O)CC1CN(Cc3ccccc3)CC1C2. The van der Waals surface area contributed by atoms with Crippen LogP contribution in [-0.4, -0.2) is 42.1 Å². The van der Waals surface area contributed by atoms with Crippen LogP contribution in [0.15, 0.2) is 42.5 Å². The number of carboxylic acid groups (broad SMARTS) is 1. The lowest BCUT2D eigenvalue weighted by atomic mass is 9.76. The Morgan fingerprint density at radius 2 is 1.63 bits per heavy atom. The summed E-state index contributed by atoms with van der Waals surface area (Å²) in [5, 5.41) is 9.49. The summed E-state index contributed by atoms with van der Waals surface area (Å²) in [5.41, 5.74) is 3.65. The molecule has 0 saturated carbocycles. The Balaban J connectivity index is 1.56. The summed E-state index contributed by atoms with van der Waals surface area (Å²) in [4.78, 5) is 26.1. The monoisotopic (exact) mass is 365 g/mol. The molecule has 5 nitrogen and oxygen atoms in total. The highest BCUT2D eigenvalue weighted by Crippen LogP contribution is 2.37. The van der Waals surface area contributed by atoms with Crippen molar-refractivity contribution in [2.75, 3.05) is 20.2 Å². The number of likely N-dealkylation sites (tertiary alicyclic amines) is 1. The fraction of sp³-hybridized carbons (Fsp3) is 0.364. The Bertz CT molecular complexity index is 877. The van der Waals surface area contributed by atoms with Gasteiger partial charge in [-0.25, -0.2) is 9.59 Å². The second kappa shape index (κ2) is 7.16. The Kier molecular flexibility index (Phi) is 4.70. The molecule has 2 atom stereocenters. The van der Waals surface area contributed by atoms with Crippen LogP contribution in [0.5, 0.6) is 0 Å². The van der Waals surface area contributed by atoms with E-state index >= 15 is 0 Å². The quantitative estimate of drug-likeness (QED) is 0.844. The summed E-state index contributed by atoms with van der Waals surface area (Å²) in [7, 11) is 1.28. The van der Waals surface area contributed by atoms with Gasteiger partial charge in [0.2, 0.25) is 0 Å². The molecule has 2 aromatic carbocycles. The van der Waals surface area contributed by atoms with Gasteiger partial charge in [0.05, 0.1) is 18.2 Å². The van der Waals surface area contributed by atoms with Crippen molar-refractivity contribution >= 4 is 11.9 Å². The van der Waals surface area contributed by atoms with Gasteiger partial charge in [0.15, 0.2) is 0 Å². The number of rotatable bonds is 4. The van der Waals surface area contributed by atoms with E-state index in [1.807, 2.05) is 6.07 Å². The van der Waals surface area contributed by atoms with Crippen molar-refractivity contribution in [2.45, 2.75) is 19.4 Å². The number of ether oxygens (including phenoxy) is 1. The number of carbonyl (C=O) groups is 2. The normalized spacial score (nSPS) is 21.4. The first kappa shape index (κ1) is 17.7. The highest BCUT2D eigenvalue weighted by atomic mass is 16.5. The first-order valence-electron chi connectivity index (χ1n) is 9.29. The number of aromatic carboxylic acids is 1. The maximum absolute atomic E-state index is 12.0. The van der Waals surface area contributed by atoms with Crippen LogP contribution < -0.4 is 0 Å². The fourth-order valence-electron chi connectivity index (χ4n) is 4.56. The first-order chi connectivity index (χ1) is 13.0. The highest BCUT2D eigenvalue weighted by molar-refractivity contribution is 6.02. The smallest absolute Gasteiger partial charge is 0.338 e. The Labute approximate surface area is 158 Å². The molecule has 1 saturated heterocycles. The van der Waals surface area contributed by atoms with Crippen molar-refractivity contribution in [3.8, 4) is 0 Å². The summed E-state index contributed by atoms with van der Waals surface area (Å²) in [6, 6.07) is 13.9. The average Bonchev–Trinajstić information content (AvgIpc) is 3.05. The number of carboxylic acids is 1. The molecule has 2 unspecified atom stereocenters. The van der Waals surface area contributed by atoms with Gasteiger partial charge in [-0.05, 0) is 53.5 Å². The van der Waals surface area contributed by atoms with Gasteiger partial charge in [-0.15, -0.1) is 0 Å². The van der Waals surface area contributed by atoms with Gasteiger partial charge in [0.1, 0.15) is 0 Å². The van der Waals surface area contributed by atoms with Gasteiger partial charge in [-0.1, -0.05) is 30.3 Å². The summed E-state index contributed by atoms with van der Waals surface area (Å²) in [6.45, 7) is 3.01. The molecule has 27 heavy (non-hydrogen) atoms. The zero-order valence-electron chi connectivity index (χ0n) is 15.4. The summed E-state index contributed by atoms with van der Waals surface area (Å²) in [5.74, 6) is -0.596. The molecule has 4 rings (SSSR count). The second-order valence-electron chi connectivity index (χ2n) is 7.57. The van der Waals surface area contributed by atoms with Crippen molar-refractivity contribution in [1.29, 1.82) is 0 Å². The summed E-state index contributed by atoms with van der Waals surface area (Å²) < 4.78 is 4.78. The van der Waals surface area contributed by atoms with Gasteiger partial charge in [0.25, 0.3) is 0 Å². The van der Waals surface area contributed by atoms with Crippen LogP contribution >= 0.6 is 0 Å². The van der Waals surface area contributed by atoms with Gasteiger partial charge in [0, 0.05) is 19.6 Å². The van der Waals surface area contributed by atoms with Crippen LogP contribution in [0.1, 0.15) is 37.4 Å². The predicted molar refractivity (Wildman–Crippen MR) is 101 cm³/mol. The Morgan fingerprint density at radius 3 is 2.19 bits per heavy atom. The molecule has 0 aromatic heterocycles. The number of carbonyl (C=O) groups excluding carboxylic acids is 1. The minimum absolute atomic E-state index is 0.0400. The fourth-order valence-corrected chi connectivity index (χ4v) is 4.56. The molecule has 5 heteroatoms. The molecule has 0 bridgehead atoms. The third-order valence-corrected chi connectivity index (χ3v) is 5.84. The number of hydrogen-bond donors (Lipinski definition) is 1. The van der Waals surface area contributed by atoms with Gasteiger partial charge in [-0.2, -0.15) is 0 Å². The van der Waals surface area contributed by atoms with Crippen molar-refractivity contribution in [1.82, 2.24) is 4.90 Å². The van der Waals surface area contributed by atoms with Crippen LogP contribution in [0.2, 0.25) is 0 Å². The number of esters is 1. The van der Waals surface area contributed by atoms with Gasteiger partial charge >= 0.3 is 11.9 Å². The molecule has 0 spiro atoms. The number of hydrogen-bond acceptors (Lipinski definition) is 4. The van der Waals surface area contributed by atoms with Crippen molar-refractivity contribution in [3.05, 3.63) is 70.3 Å². The van der Waals surface area contributed by atoms with Crippen molar-refractivity contribution in [3.63, 3.8) is 0 Å². The maximum atomic E-state index is 12.0. The lowest BCUT2D eigenvalue weighted by molar-refractivity contribution is 0.0582. The van der Waals surface area contributed by atoms with Crippen LogP contribution in [0, 0.1) is 11.8 Å². The molecule has 1 N–H and O–H groups in total. The molecule has 0 radical (unpaired) electrons. The van der Waals surface area contributed by atoms with E-state index in [1.54, 1.807) is 12.1 Å². The number of fused-ring (bicyclic) bond motifs is 2. The lowest BCUT2D eigenvalue weighted by Crippen LogP contribution is -2.25. The molecule has 0 amide bonds. The number of benzene rings is 2. The zero-order chi connectivity index (χ0) is 19.0. The standard InChI is InChI=1S/C22H23NO4/c1-27-22(26)20-10-16-8-18-13-23(11-14-5-3-2-4-6-14)12-17(18)7-15(16)9-19(20)21(24)25/h2-6,9-10,17-18H,7-8,11-13H2,1H3,(H,24,25). The van der Waals surface area contributed by atoms with E-state index in [0.717, 1.165) is 43.6 Å². The average molecular weight is 365 g/mol. The molecular weight excluding hydrogens is 342 g/mol. The predicted octanol–water partition coefficient (Wildman–Crippen LogP) is 3.02. The molecule has 140 valence electrons. The van der Waals surface area contributed by atoms with Crippen LogP contribution in [0.25, 0.3) is 0 Å². The number of nitrogens with zero attached hydrogens (tertiary/aromatic N) is 1. The topological polar surface area (TPSA) is 66.8 Å². The minimum atomic E-state index is -1.09.